The highest BCUT2D eigenvalue weighted by molar-refractivity contribution is 6.11. The predicted molar refractivity (Wildman–Crippen MR) is 117 cm³/mol. The number of para-hydroxylation sites is 1. The number of methoxy groups -OCH3 is 1. The second-order valence-corrected chi connectivity index (χ2v) is 6.95. The number of Topliss-reactive ketones (excluding diaryl/α,β-unsaturated/α-hetero) is 1. The third-order valence-electron chi connectivity index (χ3n) is 5.03. The normalized spacial score (nSPS) is 11.7. The molecule has 32 heavy (non-hydrogen) atoms. The van der Waals surface area contributed by atoms with Crippen LogP contribution >= 0.6 is 0 Å². The van der Waals surface area contributed by atoms with Gasteiger partial charge in [-0.15, -0.1) is 0 Å². The van der Waals surface area contributed by atoms with Crippen molar-refractivity contribution in [3.63, 3.8) is 0 Å². The summed E-state index contributed by atoms with van der Waals surface area (Å²) in [7, 11) is 1.30. The van der Waals surface area contributed by atoms with Crippen LogP contribution in [0.4, 0.5) is 5.69 Å². The lowest BCUT2D eigenvalue weighted by Crippen LogP contribution is -2.20. The van der Waals surface area contributed by atoms with Crippen LogP contribution in [0.1, 0.15) is 32.4 Å². The second kappa shape index (κ2) is 8.73. The molecule has 1 heterocycles. The second-order valence-electron chi connectivity index (χ2n) is 6.95. The van der Waals surface area contributed by atoms with Gasteiger partial charge >= 0.3 is 11.7 Å². The molecule has 4 aromatic rings. The van der Waals surface area contributed by atoms with Crippen molar-refractivity contribution in [2.45, 2.75) is 6.10 Å². The van der Waals surface area contributed by atoms with E-state index in [0.29, 0.717) is 16.5 Å². The van der Waals surface area contributed by atoms with Gasteiger partial charge in [-0.1, -0.05) is 48.5 Å². The summed E-state index contributed by atoms with van der Waals surface area (Å²) in [4.78, 5) is 40.0. The minimum atomic E-state index is -1.23. The molecule has 0 aliphatic heterocycles. The van der Waals surface area contributed by atoms with Crippen molar-refractivity contribution in [2.75, 3.05) is 7.11 Å². The number of hydrogen-bond acceptors (Lipinski definition) is 6. The van der Waals surface area contributed by atoms with Crippen LogP contribution in [0.2, 0.25) is 0 Å². The van der Waals surface area contributed by atoms with Crippen molar-refractivity contribution >= 4 is 28.3 Å². The monoisotopic (exact) mass is 430 g/mol. The summed E-state index contributed by atoms with van der Waals surface area (Å²) in [5.41, 5.74) is 1.20. The Morgan fingerprint density at radius 3 is 2.44 bits per heavy atom. The van der Waals surface area contributed by atoms with Crippen LogP contribution in [-0.4, -0.2) is 28.8 Å². The quantitative estimate of drug-likeness (QED) is 0.194. The first-order valence-corrected chi connectivity index (χ1v) is 9.68. The van der Waals surface area contributed by atoms with E-state index in [1.807, 2.05) is 18.2 Å². The van der Waals surface area contributed by atoms with Crippen LogP contribution in [-0.2, 0) is 4.74 Å². The van der Waals surface area contributed by atoms with E-state index in [0.717, 1.165) is 11.6 Å². The van der Waals surface area contributed by atoms with E-state index in [2.05, 4.69) is 4.98 Å². The van der Waals surface area contributed by atoms with Crippen molar-refractivity contribution in [3.05, 3.63) is 106 Å². The van der Waals surface area contributed by atoms with Crippen molar-refractivity contribution in [3.8, 4) is 5.75 Å². The van der Waals surface area contributed by atoms with Gasteiger partial charge in [0.1, 0.15) is 0 Å². The molecule has 0 radical (unpaired) electrons. The first-order chi connectivity index (χ1) is 15.5. The highest BCUT2D eigenvalue weighted by Gasteiger charge is 2.29. The Hall–Kier alpha value is -4.46. The van der Waals surface area contributed by atoms with Gasteiger partial charge < -0.3 is 14.5 Å². The van der Waals surface area contributed by atoms with Gasteiger partial charge in [0.05, 0.1) is 17.6 Å². The maximum Gasteiger partial charge on any atom is 0.339 e. The molecule has 1 unspecified atom stereocenters. The number of aromatic amines is 1. The molecule has 0 aliphatic carbocycles. The Bertz CT molecular complexity index is 1310. The van der Waals surface area contributed by atoms with E-state index in [-0.39, 0.29) is 17.0 Å². The first kappa shape index (κ1) is 20.8. The molecular weight excluding hydrogens is 412 g/mol. The van der Waals surface area contributed by atoms with Gasteiger partial charge in [-0.2, -0.15) is 0 Å². The summed E-state index contributed by atoms with van der Waals surface area (Å²) in [6, 6.07) is 19.6. The third-order valence-corrected chi connectivity index (χ3v) is 5.03. The number of carbonyl (C=O) groups excluding carboxylic acids is 2. The minimum absolute atomic E-state index is 0.0148. The molecule has 0 saturated carbocycles. The molecular formula is C24H18N2O6. The molecule has 0 fully saturated rings. The SMILES string of the molecule is COc1ccc(C(=O)OC(C(=O)c2c[nH]c3ccccc23)c2ccccc2)cc1[N+](=O)[O-]. The fraction of sp³-hybridized carbons (Fsp3) is 0.0833. The zero-order valence-corrected chi connectivity index (χ0v) is 17.0. The van der Waals surface area contributed by atoms with Gasteiger partial charge in [-0.3, -0.25) is 14.9 Å². The standard InChI is InChI=1S/C24H18N2O6/c1-31-21-12-11-16(13-20(21)26(29)30)24(28)32-23(15-7-3-2-4-8-15)22(27)18-14-25-19-10-6-5-9-17(18)19/h2-14,23,25H,1H3. The third kappa shape index (κ3) is 3.93. The number of benzene rings is 3. The Morgan fingerprint density at radius 1 is 1.00 bits per heavy atom. The molecule has 160 valence electrons. The van der Waals surface area contributed by atoms with Gasteiger partial charge in [0.25, 0.3) is 0 Å². The Kier molecular flexibility index (Phi) is 5.67. The first-order valence-electron chi connectivity index (χ1n) is 9.68. The van der Waals surface area contributed by atoms with Crippen LogP contribution in [0.25, 0.3) is 10.9 Å². The van der Waals surface area contributed by atoms with Crippen LogP contribution in [0, 0.1) is 10.1 Å². The van der Waals surface area contributed by atoms with Crippen molar-refractivity contribution in [1.29, 1.82) is 0 Å². The zero-order valence-electron chi connectivity index (χ0n) is 17.0. The molecule has 1 aromatic heterocycles. The van der Waals surface area contributed by atoms with Crippen LogP contribution < -0.4 is 4.74 Å². The molecule has 0 spiro atoms. The summed E-state index contributed by atoms with van der Waals surface area (Å²) >= 11 is 0. The van der Waals surface area contributed by atoms with E-state index in [1.54, 1.807) is 42.6 Å². The molecule has 0 bridgehead atoms. The number of rotatable bonds is 7. The lowest BCUT2D eigenvalue weighted by molar-refractivity contribution is -0.385. The smallest absolute Gasteiger partial charge is 0.339 e. The molecule has 8 heteroatoms. The van der Waals surface area contributed by atoms with E-state index >= 15 is 0 Å². The van der Waals surface area contributed by atoms with E-state index < -0.39 is 22.8 Å². The Balaban J connectivity index is 1.71. The lowest BCUT2D eigenvalue weighted by atomic mass is 9.99. The van der Waals surface area contributed by atoms with Gasteiger partial charge in [0.15, 0.2) is 11.9 Å². The van der Waals surface area contributed by atoms with Crippen molar-refractivity contribution in [2.24, 2.45) is 0 Å². The fourth-order valence-electron chi connectivity index (χ4n) is 3.45. The number of hydrogen-bond donors (Lipinski definition) is 1. The van der Waals surface area contributed by atoms with Crippen molar-refractivity contribution < 1.29 is 24.0 Å². The fourth-order valence-corrected chi connectivity index (χ4v) is 3.45. The number of fused-ring (bicyclic) bond motifs is 1. The average molecular weight is 430 g/mol. The molecule has 3 aromatic carbocycles. The highest BCUT2D eigenvalue weighted by Crippen LogP contribution is 2.31. The topological polar surface area (TPSA) is 112 Å². The summed E-state index contributed by atoms with van der Waals surface area (Å²) in [5.74, 6) is -1.26. The van der Waals surface area contributed by atoms with Gasteiger partial charge in [0, 0.05) is 34.3 Å². The number of ketones is 1. The average Bonchev–Trinajstić information content (AvgIpc) is 3.26. The minimum Gasteiger partial charge on any atom is -0.490 e. The Morgan fingerprint density at radius 2 is 1.72 bits per heavy atom. The van der Waals surface area contributed by atoms with E-state index in [1.165, 1.54) is 19.2 Å². The summed E-state index contributed by atoms with van der Waals surface area (Å²) in [6.07, 6.45) is 0.346. The lowest BCUT2D eigenvalue weighted by Gasteiger charge is -2.17. The number of carbonyl (C=O) groups is 2. The summed E-state index contributed by atoms with van der Waals surface area (Å²) in [6.45, 7) is 0. The van der Waals surface area contributed by atoms with Gasteiger partial charge in [0.2, 0.25) is 5.78 Å². The number of esters is 1. The van der Waals surface area contributed by atoms with E-state index in [9.17, 15) is 19.7 Å². The zero-order chi connectivity index (χ0) is 22.7. The number of nitro benzene ring substituents is 1. The molecule has 0 saturated heterocycles. The molecule has 4 rings (SSSR count). The van der Waals surface area contributed by atoms with Crippen LogP contribution in [0.3, 0.4) is 0 Å². The van der Waals surface area contributed by atoms with Gasteiger partial charge in [-0.05, 0) is 18.2 Å². The number of aromatic nitrogens is 1. The van der Waals surface area contributed by atoms with Crippen molar-refractivity contribution in [1.82, 2.24) is 4.98 Å². The number of H-pyrrole nitrogens is 1. The summed E-state index contributed by atoms with van der Waals surface area (Å²) in [5, 5.41) is 12.0. The number of nitro groups is 1. The molecule has 1 atom stereocenters. The van der Waals surface area contributed by atoms with Crippen LogP contribution in [0.5, 0.6) is 5.75 Å². The Labute approximate surface area is 182 Å². The van der Waals surface area contributed by atoms with E-state index in [4.69, 9.17) is 9.47 Å². The largest absolute Gasteiger partial charge is 0.490 e. The molecule has 8 nitrogen and oxygen atoms in total. The highest BCUT2D eigenvalue weighted by atomic mass is 16.6. The maximum atomic E-state index is 13.4. The molecule has 0 amide bonds. The number of nitrogens with one attached hydrogen (secondary N) is 1. The molecule has 1 N–H and O–H groups in total. The maximum absolute atomic E-state index is 13.4. The summed E-state index contributed by atoms with van der Waals surface area (Å²) < 4.78 is 10.6. The molecule has 0 aliphatic rings. The van der Waals surface area contributed by atoms with Gasteiger partial charge in [-0.25, -0.2) is 4.79 Å². The predicted octanol–water partition coefficient (Wildman–Crippen LogP) is 4.87. The van der Waals surface area contributed by atoms with Crippen LogP contribution in [0.15, 0.2) is 79.0 Å². The number of ether oxygens (including phenoxy) is 2. The number of nitrogens with zero attached hydrogens (tertiary/aromatic N) is 1.